The smallest absolute Gasteiger partial charge is 0.302 e. The molecule has 0 atom stereocenters. The van der Waals surface area contributed by atoms with Crippen molar-refractivity contribution in [3.8, 4) is 0 Å². The van der Waals surface area contributed by atoms with Crippen LogP contribution in [-0.2, 0) is 14.3 Å². The van der Waals surface area contributed by atoms with E-state index in [2.05, 4.69) is 9.47 Å². The zero-order valence-corrected chi connectivity index (χ0v) is 5.85. The monoisotopic (exact) mass is 135 g/mol. The normalized spacial score (nSPS) is 7.78. The molecule has 0 radical (unpaired) electrons. The standard InChI is InChI=1S/C5H10O3.H3N/c1-5(6)8-4-3-7-2;/h3-4H2,1-2H3;1H3. The topological polar surface area (TPSA) is 70.5 Å². The van der Waals surface area contributed by atoms with Crippen molar-refractivity contribution in [2.45, 2.75) is 6.92 Å². The van der Waals surface area contributed by atoms with E-state index < -0.39 is 0 Å². The van der Waals surface area contributed by atoms with E-state index in [1.54, 1.807) is 7.11 Å². The molecule has 0 fully saturated rings. The van der Waals surface area contributed by atoms with Crippen molar-refractivity contribution in [2.24, 2.45) is 0 Å². The predicted molar refractivity (Wildman–Crippen MR) is 33.5 cm³/mol. The van der Waals surface area contributed by atoms with Crippen LogP contribution in [0.25, 0.3) is 0 Å². The highest BCUT2D eigenvalue weighted by Gasteiger charge is 1.88. The van der Waals surface area contributed by atoms with Crippen molar-refractivity contribution >= 4 is 5.97 Å². The Kier molecular flexibility index (Phi) is 9.21. The Hall–Kier alpha value is -0.610. The summed E-state index contributed by atoms with van der Waals surface area (Å²) in [5, 5.41) is 0. The van der Waals surface area contributed by atoms with E-state index >= 15 is 0 Å². The SMILES string of the molecule is COCCOC(C)=O.N. The molecule has 0 aromatic rings. The maximum atomic E-state index is 10.0. The average Bonchev–Trinajstić information content (AvgIpc) is 1.66. The van der Waals surface area contributed by atoms with Crippen molar-refractivity contribution in [2.75, 3.05) is 20.3 Å². The van der Waals surface area contributed by atoms with Gasteiger partial charge in [0, 0.05) is 14.0 Å². The van der Waals surface area contributed by atoms with Gasteiger partial charge in [-0.3, -0.25) is 4.79 Å². The summed E-state index contributed by atoms with van der Waals surface area (Å²) in [6, 6.07) is 0. The minimum Gasteiger partial charge on any atom is -0.463 e. The molecule has 0 rings (SSSR count). The van der Waals surface area contributed by atoms with E-state index in [0.717, 1.165) is 0 Å². The van der Waals surface area contributed by atoms with Crippen molar-refractivity contribution < 1.29 is 14.3 Å². The number of methoxy groups -OCH3 is 1. The Bertz CT molecular complexity index is 74.6. The van der Waals surface area contributed by atoms with Crippen LogP contribution < -0.4 is 6.15 Å². The van der Waals surface area contributed by atoms with Crippen LogP contribution in [-0.4, -0.2) is 26.3 Å². The van der Waals surface area contributed by atoms with Gasteiger partial charge in [0.15, 0.2) is 0 Å². The summed E-state index contributed by atoms with van der Waals surface area (Å²) in [6.07, 6.45) is 0. The molecule has 4 heteroatoms. The molecule has 0 aliphatic carbocycles. The number of hydrogen-bond donors (Lipinski definition) is 1. The Morgan fingerprint density at radius 3 is 2.33 bits per heavy atom. The van der Waals surface area contributed by atoms with E-state index in [0.29, 0.717) is 13.2 Å². The third-order valence-corrected chi connectivity index (χ3v) is 0.593. The molecule has 0 amide bonds. The van der Waals surface area contributed by atoms with Crippen LogP contribution in [0, 0.1) is 0 Å². The van der Waals surface area contributed by atoms with Gasteiger partial charge in [-0.05, 0) is 0 Å². The molecule has 56 valence electrons. The molecule has 0 aromatic heterocycles. The number of carbonyl (C=O) groups excluding carboxylic acids is 1. The number of hydrogen-bond acceptors (Lipinski definition) is 4. The first-order valence-corrected chi connectivity index (χ1v) is 2.39. The number of carbonyl (C=O) groups is 1. The molecular formula is C5H13NO3. The summed E-state index contributed by atoms with van der Waals surface area (Å²) in [7, 11) is 1.56. The van der Waals surface area contributed by atoms with Crippen LogP contribution in [0.3, 0.4) is 0 Å². The van der Waals surface area contributed by atoms with Crippen LogP contribution in [0.2, 0.25) is 0 Å². The third kappa shape index (κ3) is 11.1. The van der Waals surface area contributed by atoms with Crippen LogP contribution >= 0.6 is 0 Å². The molecule has 0 aliphatic rings. The molecular weight excluding hydrogens is 122 g/mol. The molecule has 0 heterocycles. The molecule has 0 aromatic carbocycles. The number of ether oxygens (including phenoxy) is 2. The van der Waals surface area contributed by atoms with Crippen molar-refractivity contribution in [1.82, 2.24) is 6.15 Å². The highest BCUT2D eigenvalue weighted by molar-refractivity contribution is 5.65. The zero-order valence-electron chi connectivity index (χ0n) is 5.85. The summed E-state index contributed by atoms with van der Waals surface area (Å²) >= 11 is 0. The molecule has 9 heavy (non-hydrogen) atoms. The van der Waals surface area contributed by atoms with Gasteiger partial charge >= 0.3 is 5.97 Å². The second-order valence-electron chi connectivity index (χ2n) is 1.33. The minimum atomic E-state index is -0.262. The van der Waals surface area contributed by atoms with E-state index in [4.69, 9.17) is 0 Å². The molecule has 0 aliphatic heterocycles. The molecule has 0 bridgehead atoms. The number of esters is 1. The van der Waals surface area contributed by atoms with Crippen molar-refractivity contribution in [3.05, 3.63) is 0 Å². The predicted octanol–water partition coefficient (Wildman–Crippen LogP) is 0.358. The molecule has 0 spiro atoms. The van der Waals surface area contributed by atoms with Crippen LogP contribution in [0.15, 0.2) is 0 Å². The number of rotatable bonds is 3. The summed E-state index contributed by atoms with van der Waals surface area (Å²) in [4.78, 5) is 10.0. The lowest BCUT2D eigenvalue weighted by atomic mass is 10.7. The summed E-state index contributed by atoms with van der Waals surface area (Å²) in [5.41, 5.74) is 0. The quantitative estimate of drug-likeness (QED) is 0.448. The molecule has 0 saturated carbocycles. The molecule has 3 N–H and O–H groups in total. The van der Waals surface area contributed by atoms with Gasteiger partial charge in [0.25, 0.3) is 0 Å². The highest BCUT2D eigenvalue weighted by atomic mass is 16.6. The van der Waals surface area contributed by atoms with E-state index in [9.17, 15) is 4.79 Å². The Labute approximate surface area is 54.7 Å². The van der Waals surface area contributed by atoms with Gasteiger partial charge < -0.3 is 15.6 Å². The van der Waals surface area contributed by atoms with Gasteiger partial charge in [-0.15, -0.1) is 0 Å². The summed E-state index contributed by atoms with van der Waals surface area (Å²) in [5.74, 6) is -0.262. The van der Waals surface area contributed by atoms with Gasteiger partial charge in [0.2, 0.25) is 0 Å². The lowest BCUT2D eigenvalue weighted by molar-refractivity contribution is -0.142. The lowest BCUT2D eigenvalue weighted by Gasteiger charge is -1.97. The minimum absolute atomic E-state index is 0. The first-order valence-electron chi connectivity index (χ1n) is 2.39. The maximum absolute atomic E-state index is 10.0. The highest BCUT2D eigenvalue weighted by Crippen LogP contribution is 1.74. The van der Waals surface area contributed by atoms with Crippen LogP contribution in [0.5, 0.6) is 0 Å². The first-order chi connectivity index (χ1) is 3.77. The van der Waals surface area contributed by atoms with Crippen molar-refractivity contribution in [3.63, 3.8) is 0 Å². The lowest BCUT2D eigenvalue weighted by Crippen LogP contribution is -2.05. The van der Waals surface area contributed by atoms with E-state index in [-0.39, 0.29) is 12.1 Å². The van der Waals surface area contributed by atoms with E-state index in [1.807, 2.05) is 0 Å². The molecule has 4 nitrogen and oxygen atoms in total. The fraction of sp³-hybridized carbons (Fsp3) is 0.800. The van der Waals surface area contributed by atoms with Crippen LogP contribution in [0.4, 0.5) is 0 Å². The van der Waals surface area contributed by atoms with Gasteiger partial charge in [-0.25, -0.2) is 0 Å². The maximum Gasteiger partial charge on any atom is 0.302 e. The fourth-order valence-electron chi connectivity index (χ4n) is 0.269. The second kappa shape index (κ2) is 7.39. The van der Waals surface area contributed by atoms with Gasteiger partial charge in [0.1, 0.15) is 6.61 Å². The second-order valence-corrected chi connectivity index (χ2v) is 1.33. The zero-order chi connectivity index (χ0) is 6.41. The first kappa shape index (κ1) is 11.2. The summed E-state index contributed by atoms with van der Waals surface area (Å²) < 4.78 is 9.13. The van der Waals surface area contributed by atoms with Gasteiger partial charge in [-0.2, -0.15) is 0 Å². The Morgan fingerprint density at radius 1 is 1.44 bits per heavy atom. The van der Waals surface area contributed by atoms with E-state index in [1.165, 1.54) is 6.92 Å². The molecule has 0 saturated heterocycles. The largest absolute Gasteiger partial charge is 0.463 e. The average molecular weight is 135 g/mol. The Morgan fingerprint density at radius 2 is 2.00 bits per heavy atom. The van der Waals surface area contributed by atoms with Crippen LogP contribution in [0.1, 0.15) is 6.92 Å². The molecule has 0 unspecified atom stereocenters. The fourth-order valence-corrected chi connectivity index (χ4v) is 0.269. The van der Waals surface area contributed by atoms with Gasteiger partial charge in [0.05, 0.1) is 6.61 Å². The Balaban J connectivity index is 0. The third-order valence-electron chi connectivity index (χ3n) is 0.593. The summed E-state index contributed by atoms with van der Waals surface area (Å²) in [6.45, 7) is 2.20. The van der Waals surface area contributed by atoms with Crippen molar-refractivity contribution in [1.29, 1.82) is 0 Å². The van der Waals surface area contributed by atoms with Gasteiger partial charge in [-0.1, -0.05) is 0 Å².